The first-order valence-electron chi connectivity index (χ1n) is 12.6. The van der Waals surface area contributed by atoms with Crippen molar-refractivity contribution in [1.29, 1.82) is 0 Å². The van der Waals surface area contributed by atoms with Gasteiger partial charge in [0.2, 0.25) is 15.9 Å². The van der Waals surface area contributed by atoms with Crippen LogP contribution in [0.25, 0.3) is 0 Å². The normalized spacial score (nSPS) is 14.6. The number of piperazine rings is 1. The van der Waals surface area contributed by atoms with Crippen molar-refractivity contribution in [3.8, 4) is 5.75 Å². The van der Waals surface area contributed by atoms with Gasteiger partial charge in [-0.15, -0.1) is 0 Å². The Balaban J connectivity index is 1.25. The number of carbonyl (C=O) groups is 1. The Morgan fingerprint density at radius 2 is 1.82 bits per heavy atom. The lowest BCUT2D eigenvalue weighted by molar-refractivity contribution is -0.116. The average Bonchev–Trinajstić information content (AvgIpc) is 3.31. The van der Waals surface area contributed by atoms with Crippen molar-refractivity contribution in [1.82, 2.24) is 18.8 Å². The van der Waals surface area contributed by atoms with Crippen LogP contribution in [0.3, 0.4) is 0 Å². The first-order chi connectivity index (χ1) is 18.2. The van der Waals surface area contributed by atoms with Crippen LogP contribution in [0.2, 0.25) is 0 Å². The van der Waals surface area contributed by atoms with E-state index in [0.29, 0.717) is 17.0 Å². The van der Waals surface area contributed by atoms with Gasteiger partial charge in [0.05, 0.1) is 18.6 Å². The predicted molar refractivity (Wildman–Crippen MR) is 148 cm³/mol. The Labute approximate surface area is 224 Å². The van der Waals surface area contributed by atoms with E-state index < -0.39 is 10.0 Å². The summed E-state index contributed by atoms with van der Waals surface area (Å²) in [5.74, 6) is 1.42. The highest BCUT2D eigenvalue weighted by molar-refractivity contribution is 7.89. The molecule has 1 saturated heterocycles. The van der Waals surface area contributed by atoms with E-state index >= 15 is 0 Å². The third-order valence-corrected chi connectivity index (χ3v) is 8.92. The number of hydrogen-bond acceptors (Lipinski definition) is 7. The summed E-state index contributed by atoms with van der Waals surface area (Å²) in [6.07, 6.45) is 3.84. The Morgan fingerprint density at radius 3 is 2.42 bits per heavy atom. The molecule has 0 atom stereocenters. The number of aromatic nitrogens is 2. The highest BCUT2D eigenvalue weighted by atomic mass is 32.2. The summed E-state index contributed by atoms with van der Waals surface area (Å²) in [5, 5.41) is 2.87. The monoisotopic (exact) mass is 540 g/mol. The second kappa shape index (κ2) is 12.0. The highest BCUT2D eigenvalue weighted by Crippen LogP contribution is 2.24. The summed E-state index contributed by atoms with van der Waals surface area (Å²) in [7, 11) is 1.32. The van der Waals surface area contributed by atoms with Gasteiger partial charge < -0.3 is 19.5 Å². The molecule has 1 aliphatic heterocycles. The van der Waals surface area contributed by atoms with Gasteiger partial charge in [0.15, 0.2) is 0 Å². The number of hydrogen-bond donors (Lipinski definition) is 1. The van der Waals surface area contributed by atoms with Gasteiger partial charge in [0.1, 0.15) is 11.6 Å². The lowest BCUT2D eigenvalue weighted by Crippen LogP contribution is -2.46. The fourth-order valence-electron chi connectivity index (χ4n) is 4.48. The lowest BCUT2D eigenvalue weighted by Gasteiger charge is -2.36. The van der Waals surface area contributed by atoms with Gasteiger partial charge in [-0.1, -0.05) is 0 Å². The molecule has 4 rings (SSSR count). The third kappa shape index (κ3) is 6.53. The molecule has 11 heteroatoms. The number of benzene rings is 2. The molecule has 38 heavy (non-hydrogen) atoms. The fourth-order valence-corrected chi connectivity index (χ4v) is 5.85. The zero-order chi connectivity index (χ0) is 27.3. The van der Waals surface area contributed by atoms with Crippen molar-refractivity contribution in [3.63, 3.8) is 0 Å². The molecule has 1 N–H and O–H groups in total. The average molecular weight is 541 g/mol. The third-order valence-electron chi connectivity index (χ3n) is 6.90. The largest absolute Gasteiger partial charge is 0.497 e. The molecule has 1 aromatic heterocycles. The van der Waals surface area contributed by atoms with Crippen LogP contribution >= 0.6 is 0 Å². The molecule has 10 nitrogen and oxygen atoms in total. The molecule has 2 heterocycles. The maximum Gasteiger partial charge on any atom is 0.243 e. The van der Waals surface area contributed by atoms with Crippen molar-refractivity contribution in [2.75, 3.05) is 57.1 Å². The summed E-state index contributed by atoms with van der Waals surface area (Å²) >= 11 is 0. The SMILES string of the molecule is COc1ccc(S(=O)(=O)N(C)CCC(=O)Nc2ccc(N3CCN(Cc4nccn4C)CC3)cc2)c(C)c1. The maximum absolute atomic E-state index is 13.0. The van der Waals surface area contributed by atoms with Crippen molar-refractivity contribution in [3.05, 3.63) is 66.2 Å². The van der Waals surface area contributed by atoms with E-state index in [1.807, 2.05) is 43.7 Å². The summed E-state index contributed by atoms with van der Waals surface area (Å²) in [6.45, 7) is 6.39. The zero-order valence-corrected chi connectivity index (χ0v) is 23.2. The molecule has 0 radical (unpaired) electrons. The van der Waals surface area contributed by atoms with E-state index in [1.54, 1.807) is 19.1 Å². The molecule has 0 unspecified atom stereocenters. The summed E-state index contributed by atoms with van der Waals surface area (Å²) in [5.41, 5.74) is 2.39. The molecule has 0 saturated carbocycles. The molecule has 1 aliphatic rings. The molecule has 0 aliphatic carbocycles. The molecule has 204 valence electrons. The number of methoxy groups -OCH3 is 1. The topological polar surface area (TPSA) is 100 Å². The minimum atomic E-state index is -3.72. The maximum atomic E-state index is 13.0. The molecule has 0 spiro atoms. The van der Waals surface area contributed by atoms with Crippen LogP contribution in [-0.4, -0.2) is 80.0 Å². The van der Waals surface area contributed by atoms with E-state index in [1.165, 1.54) is 24.5 Å². The van der Waals surface area contributed by atoms with Crippen LogP contribution in [0, 0.1) is 6.92 Å². The summed E-state index contributed by atoms with van der Waals surface area (Å²) < 4.78 is 34.4. The molecule has 3 aromatic rings. The number of imidazole rings is 1. The lowest BCUT2D eigenvalue weighted by atomic mass is 10.2. The van der Waals surface area contributed by atoms with E-state index in [0.717, 1.165) is 44.2 Å². The van der Waals surface area contributed by atoms with Gasteiger partial charge >= 0.3 is 0 Å². The van der Waals surface area contributed by atoms with E-state index in [-0.39, 0.29) is 23.8 Å². The summed E-state index contributed by atoms with van der Waals surface area (Å²) in [6, 6.07) is 12.6. The van der Waals surface area contributed by atoms with E-state index in [4.69, 9.17) is 4.74 Å². The highest BCUT2D eigenvalue weighted by Gasteiger charge is 2.24. The van der Waals surface area contributed by atoms with Gasteiger partial charge in [-0.3, -0.25) is 9.69 Å². The van der Waals surface area contributed by atoms with E-state index in [9.17, 15) is 13.2 Å². The number of ether oxygens (including phenoxy) is 1. The van der Waals surface area contributed by atoms with Gasteiger partial charge in [-0.2, -0.15) is 0 Å². The van der Waals surface area contributed by atoms with Crippen LogP contribution in [0.5, 0.6) is 5.75 Å². The number of aryl methyl sites for hydroxylation is 2. The molecule has 1 amide bonds. The number of nitrogens with one attached hydrogen (secondary N) is 1. The quantitative estimate of drug-likeness (QED) is 0.422. The Hall–Kier alpha value is -3.41. The van der Waals surface area contributed by atoms with Crippen LogP contribution < -0.4 is 15.0 Å². The van der Waals surface area contributed by atoms with Crippen LogP contribution in [0.15, 0.2) is 59.8 Å². The minimum Gasteiger partial charge on any atom is -0.497 e. The van der Waals surface area contributed by atoms with Crippen molar-refractivity contribution < 1.29 is 17.9 Å². The molecule has 1 fully saturated rings. The van der Waals surface area contributed by atoms with E-state index in [2.05, 4.69) is 24.7 Å². The van der Waals surface area contributed by atoms with Crippen molar-refractivity contribution >= 4 is 27.3 Å². The van der Waals surface area contributed by atoms with Gasteiger partial charge in [-0.05, 0) is 55.0 Å². The standard InChI is InChI=1S/C27H36N6O4S/c1-21-19-24(37-4)9-10-25(21)38(35,36)31(3)13-11-27(34)29-22-5-7-23(8-6-22)33-17-15-32(16-18-33)20-26-28-12-14-30(26)2/h5-10,12,14,19H,11,13,15-18,20H2,1-4H3,(H,29,34). The van der Waals surface area contributed by atoms with Crippen molar-refractivity contribution in [2.45, 2.75) is 24.8 Å². The number of rotatable bonds is 10. The first kappa shape index (κ1) is 27.6. The molecule has 2 aromatic carbocycles. The fraction of sp³-hybridized carbons (Fsp3) is 0.407. The van der Waals surface area contributed by atoms with Crippen LogP contribution in [0.1, 0.15) is 17.8 Å². The Kier molecular flexibility index (Phi) is 8.70. The second-order valence-corrected chi connectivity index (χ2v) is 11.5. The number of sulfonamides is 1. The smallest absolute Gasteiger partial charge is 0.243 e. The first-order valence-corrected chi connectivity index (χ1v) is 14.1. The predicted octanol–water partition coefficient (Wildman–Crippen LogP) is 2.71. The number of carbonyl (C=O) groups excluding carboxylic acids is 1. The van der Waals surface area contributed by atoms with Crippen LogP contribution in [0.4, 0.5) is 11.4 Å². The molecular weight excluding hydrogens is 504 g/mol. The number of nitrogens with zero attached hydrogens (tertiary/aromatic N) is 5. The number of amides is 1. The number of anilines is 2. The molecular formula is C27H36N6O4S. The van der Waals surface area contributed by atoms with Gasteiger partial charge in [-0.25, -0.2) is 17.7 Å². The van der Waals surface area contributed by atoms with Gasteiger partial charge in [0.25, 0.3) is 0 Å². The van der Waals surface area contributed by atoms with Gasteiger partial charge in [0, 0.05) is 77.0 Å². The Morgan fingerprint density at radius 1 is 1.11 bits per heavy atom. The minimum absolute atomic E-state index is 0.0463. The second-order valence-electron chi connectivity index (χ2n) is 9.52. The summed E-state index contributed by atoms with van der Waals surface area (Å²) in [4.78, 5) is 21.9. The molecule has 0 bridgehead atoms. The zero-order valence-electron chi connectivity index (χ0n) is 22.4. The van der Waals surface area contributed by atoms with Crippen molar-refractivity contribution in [2.24, 2.45) is 7.05 Å². The van der Waals surface area contributed by atoms with Crippen LogP contribution in [-0.2, 0) is 28.4 Å². The Bertz CT molecular complexity index is 1350.